The van der Waals surface area contributed by atoms with Gasteiger partial charge in [-0.25, -0.2) is 9.18 Å². The lowest BCUT2D eigenvalue weighted by atomic mass is 10.1. The van der Waals surface area contributed by atoms with Gasteiger partial charge in [-0.05, 0) is 37.4 Å². The Hall–Kier alpha value is -2.19. The van der Waals surface area contributed by atoms with Gasteiger partial charge in [0.25, 0.3) is 0 Å². The normalized spacial score (nSPS) is 20.0. The number of carboxylic acid groups (broad SMARTS) is 1. The molecule has 1 aliphatic carbocycles. The average Bonchev–Trinajstić information content (AvgIpc) is 3.45. The fourth-order valence-electron chi connectivity index (χ4n) is 3.32. The van der Waals surface area contributed by atoms with Crippen LogP contribution in [0.4, 0.5) is 9.18 Å². The number of urea groups is 1. The molecule has 0 spiro atoms. The number of nitrogens with one attached hydrogen (secondary N) is 1. The average molecular weight is 379 g/mol. The van der Waals surface area contributed by atoms with E-state index in [4.69, 9.17) is 9.84 Å². The first-order valence-electron chi connectivity index (χ1n) is 9.25. The molecule has 1 atom stereocenters. The molecular formula is C19H26FN3O4. The number of carboxylic acids is 1. The minimum atomic E-state index is -0.905. The van der Waals surface area contributed by atoms with Gasteiger partial charge in [0.1, 0.15) is 5.82 Å². The summed E-state index contributed by atoms with van der Waals surface area (Å²) in [5.74, 6) is -0.694. The number of rotatable bonds is 7. The highest BCUT2D eigenvalue weighted by Crippen LogP contribution is 2.40. The first-order valence-corrected chi connectivity index (χ1v) is 9.25. The molecule has 0 bridgehead atoms. The summed E-state index contributed by atoms with van der Waals surface area (Å²) < 4.78 is 19.8. The second kappa shape index (κ2) is 8.67. The smallest absolute Gasteiger partial charge is 0.317 e. The molecule has 1 unspecified atom stereocenters. The molecule has 0 radical (unpaired) electrons. The second-order valence-electron chi connectivity index (χ2n) is 7.31. The third kappa shape index (κ3) is 5.64. The monoisotopic (exact) mass is 379 g/mol. The maximum absolute atomic E-state index is 14.2. The van der Waals surface area contributed by atoms with Crippen LogP contribution < -0.4 is 5.32 Å². The maximum Gasteiger partial charge on any atom is 0.317 e. The number of likely N-dealkylation sites (N-methyl/N-ethyl adjacent to an activating group) is 1. The fraction of sp³-hybridized carbons (Fsp3) is 0.579. The molecule has 2 amide bonds. The molecule has 7 nitrogen and oxygen atoms in total. The number of hydrogen-bond acceptors (Lipinski definition) is 4. The number of carbonyl (C=O) groups is 2. The van der Waals surface area contributed by atoms with Gasteiger partial charge < -0.3 is 20.1 Å². The Morgan fingerprint density at radius 1 is 1.41 bits per heavy atom. The van der Waals surface area contributed by atoms with Crippen molar-refractivity contribution < 1.29 is 23.8 Å². The van der Waals surface area contributed by atoms with Crippen LogP contribution in [0, 0.1) is 5.82 Å². The molecule has 1 aromatic carbocycles. The SMILES string of the molecule is CN(CC(=O)O)CC1CN(C(=O)NCc2ccc(C3CC3)cc2F)CCO1. The van der Waals surface area contributed by atoms with E-state index in [1.807, 2.05) is 6.07 Å². The van der Waals surface area contributed by atoms with E-state index in [2.05, 4.69) is 5.32 Å². The molecule has 3 rings (SSSR count). The lowest BCUT2D eigenvalue weighted by molar-refractivity contribution is -0.138. The Kier molecular flexibility index (Phi) is 6.28. The molecule has 2 fully saturated rings. The van der Waals surface area contributed by atoms with Crippen LogP contribution >= 0.6 is 0 Å². The minimum Gasteiger partial charge on any atom is -0.480 e. The Bertz CT molecular complexity index is 696. The molecule has 1 saturated carbocycles. The predicted molar refractivity (Wildman–Crippen MR) is 97.1 cm³/mol. The van der Waals surface area contributed by atoms with Crippen LogP contribution in [-0.4, -0.2) is 72.8 Å². The van der Waals surface area contributed by atoms with Crippen LogP contribution in [0.15, 0.2) is 18.2 Å². The van der Waals surface area contributed by atoms with Crippen molar-refractivity contribution in [1.29, 1.82) is 0 Å². The van der Waals surface area contributed by atoms with Crippen molar-refractivity contribution in [2.45, 2.75) is 31.4 Å². The lowest BCUT2D eigenvalue weighted by Crippen LogP contribution is -2.52. The molecule has 2 N–H and O–H groups in total. The number of carbonyl (C=O) groups excluding carboxylic acids is 1. The fourth-order valence-corrected chi connectivity index (χ4v) is 3.32. The molecule has 1 saturated heterocycles. The summed E-state index contributed by atoms with van der Waals surface area (Å²) in [4.78, 5) is 26.4. The topological polar surface area (TPSA) is 82.1 Å². The van der Waals surface area contributed by atoms with Crippen molar-refractivity contribution in [2.24, 2.45) is 0 Å². The predicted octanol–water partition coefficient (Wildman–Crippen LogP) is 1.63. The zero-order valence-electron chi connectivity index (χ0n) is 15.5. The largest absolute Gasteiger partial charge is 0.480 e. The van der Waals surface area contributed by atoms with Crippen LogP contribution in [0.3, 0.4) is 0 Å². The van der Waals surface area contributed by atoms with Gasteiger partial charge in [0.15, 0.2) is 0 Å². The molecule has 8 heteroatoms. The molecule has 1 aromatic rings. The number of hydrogen-bond donors (Lipinski definition) is 2. The van der Waals surface area contributed by atoms with Crippen molar-refractivity contribution in [3.63, 3.8) is 0 Å². The van der Waals surface area contributed by atoms with E-state index < -0.39 is 5.97 Å². The van der Waals surface area contributed by atoms with Gasteiger partial charge in [-0.15, -0.1) is 0 Å². The molecule has 2 aliphatic rings. The molecule has 1 heterocycles. The summed E-state index contributed by atoms with van der Waals surface area (Å²) in [6, 6.07) is 4.98. The van der Waals surface area contributed by atoms with Crippen molar-refractivity contribution in [2.75, 3.05) is 39.8 Å². The van der Waals surface area contributed by atoms with Crippen molar-refractivity contribution in [3.05, 3.63) is 35.1 Å². The van der Waals surface area contributed by atoms with E-state index in [1.54, 1.807) is 29.0 Å². The zero-order chi connectivity index (χ0) is 19.4. The highest BCUT2D eigenvalue weighted by molar-refractivity contribution is 5.74. The number of benzene rings is 1. The standard InChI is InChI=1S/C19H26FN3O4/c1-22(12-18(24)25)10-16-11-23(6-7-27-16)19(26)21-9-15-5-4-14(8-17(15)20)13-2-3-13/h4-5,8,13,16H,2-3,6-7,9-12H2,1H3,(H,21,26)(H,24,25). The van der Waals surface area contributed by atoms with Gasteiger partial charge in [0, 0.05) is 31.7 Å². The van der Waals surface area contributed by atoms with E-state index in [-0.39, 0.29) is 31.0 Å². The molecule has 0 aromatic heterocycles. The molecular weight excluding hydrogens is 353 g/mol. The van der Waals surface area contributed by atoms with Gasteiger partial charge in [-0.3, -0.25) is 9.69 Å². The molecule has 148 valence electrons. The Balaban J connectivity index is 1.48. The Morgan fingerprint density at radius 3 is 2.85 bits per heavy atom. The Labute approximate surface area is 158 Å². The van der Waals surface area contributed by atoms with Crippen LogP contribution in [0.5, 0.6) is 0 Å². The summed E-state index contributed by atoms with van der Waals surface area (Å²) in [6.45, 7) is 1.70. The number of halogens is 1. The minimum absolute atomic E-state index is 0.0812. The van der Waals surface area contributed by atoms with Crippen LogP contribution in [0.2, 0.25) is 0 Å². The molecule has 27 heavy (non-hydrogen) atoms. The third-order valence-electron chi connectivity index (χ3n) is 4.90. The van der Waals surface area contributed by atoms with E-state index in [0.29, 0.717) is 37.7 Å². The maximum atomic E-state index is 14.2. The third-order valence-corrected chi connectivity index (χ3v) is 4.90. The van der Waals surface area contributed by atoms with E-state index >= 15 is 0 Å². The lowest BCUT2D eigenvalue weighted by Gasteiger charge is -2.34. The number of amides is 2. The van der Waals surface area contributed by atoms with Crippen molar-refractivity contribution in [1.82, 2.24) is 15.1 Å². The molecule has 1 aliphatic heterocycles. The first kappa shape index (κ1) is 19.6. The van der Waals surface area contributed by atoms with Crippen molar-refractivity contribution >= 4 is 12.0 Å². The zero-order valence-corrected chi connectivity index (χ0v) is 15.5. The van der Waals surface area contributed by atoms with Gasteiger partial charge in [-0.2, -0.15) is 0 Å². The summed E-state index contributed by atoms with van der Waals surface area (Å²) in [5, 5.41) is 11.6. The number of aliphatic carboxylic acids is 1. The number of ether oxygens (including phenoxy) is 1. The van der Waals surface area contributed by atoms with Gasteiger partial charge >= 0.3 is 12.0 Å². The van der Waals surface area contributed by atoms with Crippen LogP contribution in [0.1, 0.15) is 29.9 Å². The van der Waals surface area contributed by atoms with E-state index in [0.717, 1.165) is 18.4 Å². The van der Waals surface area contributed by atoms with E-state index in [1.165, 1.54) is 0 Å². The van der Waals surface area contributed by atoms with Gasteiger partial charge in [-0.1, -0.05) is 12.1 Å². The number of nitrogens with zero attached hydrogens (tertiary/aromatic N) is 2. The van der Waals surface area contributed by atoms with E-state index in [9.17, 15) is 14.0 Å². The highest BCUT2D eigenvalue weighted by Gasteiger charge is 2.26. The highest BCUT2D eigenvalue weighted by atomic mass is 19.1. The van der Waals surface area contributed by atoms with Crippen LogP contribution in [-0.2, 0) is 16.1 Å². The summed E-state index contributed by atoms with van der Waals surface area (Å²) in [5.41, 5.74) is 1.50. The second-order valence-corrected chi connectivity index (χ2v) is 7.31. The Morgan fingerprint density at radius 2 is 2.19 bits per heavy atom. The summed E-state index contributed by atoms with van der Waals surface area (Å²) in [7, 11) is 1.70. The summed E-state index contributed by atoms with van der Waals surface area (Å²) in [6.07, 6.45) is 1.99. The summed E-state index contributed by atoms with van der Waals surface area (Å²) >= 11 is 0. The van der Waals surface area contributed by atoms with Crippen molar-refractivity contribution in [3.8, 4) is 0 Å². The van der Waals surface area contributed by atoms with Gasteiger partial charge in [0.05, 0.1) is 19.3 Å². The first-order chi connectivity index (χ1) is 12.9. The number of morpholine rings is 1. The van der Waals surface area contributed by atoms with Crippen LogP contribution in [0.25, 0.3) is 0 Å². The van der Waals surface area contributed by atoms with Gasteiger partial charge in [0.2, 0.25) is 0 Å². The quantitative estimate of drug-likeness (QED) is 0.753.